The first-order valence-electron chi connectivity index (χ1n) is 13.2. The molecule has 0 aliphatic heterocycles. The van der Waals surface area contributed by atoms with Crippen molar-refractivity contribution >= 4 is 44.8 Å². The van der Waals surface area contributed by atoms with Gasteiger partial charge in [-0.15, -0.1) is 0 Å². The molecule has 0 saturated carbocycles. The van der Waals surface area contributed by atoms with E-state index in [1.165, 1.54) is 0 Å². The number of amides is 4. The number of hydrogen-bond donors (Lipinski definition) is 4. The van der Waals surface area contributed by atoms with Gasteiger partial charge in [0.1, 0.15) is 0 Å². The van der Waals surface area contributed by atoms with Gasteiger partial charge in [-0.05, 0) is 36.0 Å². The first-order chi connectivity index (χ1) is 18.5. The molecule has 4 amide bonds. The third kappa shape index (κ3) is 8.00. The number of urea groups is 1. The number of aromatic nitrogens is 2. The van der Waals surface area contributed by atoms with Crippen molar-refractivity contribution in [2.24, 2.45) is 13.0 Å². The summed E-state index contributed by atoms with van der Waals surface area (Å²) in [5, 5.41) is 15.1. The molecule has 3 aromatic rings. The van der Waals surface area contributed by atoms with E-state index in [1.54, 1.807) is 17.8 Å². The molecule has 1 unspecified atom stereocenters. The van der Waals surface area contributed by atoms with Gasteiger partial charge in [-0.1, -0.05) is 63.2 Å². The maximum absolute atomic E-state index is 13.4. The summed E-state index contributed by atoms with van der Waals surface area (Å²) in [7, 11) is 2.14. The summed E-state index contributed by atoms with van der Waals surface area (Å²) < 4.78 is 1.74. The minimum Gasteiger partial charge on any atom is -0.345 e. The molecule has 0 aliphatic carbocycles. The third-order valence-corrected chi connectivity index (χ3v) is 7.64. The van der Waals surface area contributed by atoms with Crippen molar-refractivity contribution in [3.63, 3.8) is 0 Å². The van der Waals surface area contributed by atoms with E-state index >= 15 is 0 Å². The number of rotatable bonds is 12. The van der Waals surface area contributed by atoms with Crippen LogP contribution in [0, 0.1) is 5.92 Å². The second-order valence-electron chi connectivity index (χ2n) is 10.4. The Morgan fingerprint density at radius 3 is 2.36 bits per heavy atom. The van der Waals surface area contributed by atoms with Crippen LogP contribution in [-0.4, -0.2) is 54.9 Å². The van der Waals surface area contributed by atoms with Crippen molar-refractivity contribution in [1.29, 1.82) is 0 Å². The lowest BCUT2D eigenvalue weighted by Gasteiger charge is -2.33. The summed E-state index contributed by atoms with van der Waals surface area (Å²) in [5.74, 6) is -1.86. The Morgan fingerprint density at radius 1 is 1.00 bits per heavy atom. The van der Waals surface area contributed by atoms with Gasteiger partial charge in [0.25, 0.3) is 5.91 Å². The molecule has 208 valence electrons. The summed E-state index contributed by atoms with van der Waals surface area (Å²) in [6, 6.07) is 13.7. The first kappa shape index (κ1) is 29.6. The SMILES string of the molecule is CCC(NC(=O)[C@@]([SiH3])(CC(C)C)NC(=O)NCc1ccccc1)C(=O)C(=O)NCc1ccc2cnn(C)c2c1. The molecule has 1 aromatic heterocycles. The Balaban J connectivity index is 1.61. The largest absolute Gasteiger partial charge is 0.345 e. The molecule has 4 N–H and O–H groups in total. The molecule has 0 bridgehead atoms. The van der Waals surface area contributed by atoms with Crippen LogP contribution in [0.3, 0.4) is 0 Å². The summed E-state index contributed by atoms with van der Waals surface area (Å²) in [5.41, 5.74) is 2.68. The molecule has 0 spiro atoms. The summed E-state index contributed by atoms with van der Waals surface area (Å²) in [6.45, 7) is 6.13. The van der Waals surface area contributed by atoms with Gasteiger partial charge >= 0.3 is 6.03 Å². The van der Waals surface area contributed by atoms with Crippen molar-refractivity contribution < 1.29 is 19.2 Å². The average Bonchev–Trinajstić information content (AvgIpc) is 3.28. The maximum Gasteiger partial charge on any atom is 0.315 e. The zero-order chi connectivity index (χ0) is 28.6. The fourth-order valence-electron chi connectivity index (χ4n) is 4.49. The van der Waals surface area contributed by atoms with Gasteiger partial charge < -0.3 is 21.3 Å². The minimum atomic E-state index is -1.16. The first-order valence-corrected chi connectivity index (χ1v) is 14.2. The highest BCUT2D eigenvalue weighted by molar-refractivity contribution is 6.39. The summed E-state index contributed by atoms with van der Waals surface area (Å²) in [4.78, 5) is 51.8. The van der Waals surface area contributed by atoms with Gasteiger partial charge in [-0.25, -0.2) is 4.79 Å². The lowest BCUT2D eigenvalue weighted by molar-refractivity contribution is -0.140. The monoisotopic (exact) mass is 550 g/mol. The van der Waals surface area contributed by atoms with Gasteiger partial charge in [0.2, 0.25) is 11.7 Å². The molecule has 0 fully saturated rings. The molecule has 3 rings (SSSR count). The van der Waals surface area contributed by atoms with Gasteiger partial charge in [-0.2, -0.15) is 5.10 Å². The van der Waals surface area contributed by atoms with Crippen LogP contribution in [0.1, 0.15) is 44.7 Å². The van der Waals surface area contributed by atoms with Crippen LogP contribution in [0.25, 0.3) is 10.9 Å². The zero-order valence-electron chi connectivity index (χ0n) is 23.2. The van der Waals surface area contributed by atoms with Crippen molar-refractivity contribution in [3.8, 4) is 0 Å². The zero-order valence-corrected chi connectivity index (χ0v) is 25.2. The Morgan fingerprint density at radius 2 is 1.69 bits per heavy atom. The number of benzene rings is 2. The average molecular weight is 551 g/mol. The quantitative estimate of drug-likeness (QED) is 0.199. The number of carbonyl (C=O) groups is 4. The van der Waals surface area contributed by atoms with Crippen molar-refractivity contribution in [2.45, 2.75) is 57.9 Å². The van der Waals surface area contributed by atoms with Crippen LogP contribution < -0.4 is 21.3 Å². The molecule has 1 heterocycles. The predicted octanol–water partition coefficient (Wildman–Crippen LogP) is 1.26. The third-order valence-electron chi connectivity index (χ3n) is 6.52. The van der Waals surface area contributed by atoms with Crippen LogP contribution >= 0.6 is 0 Å². The minimum absolute atomic E-state index is 0.110. The van der Waals surface area contributed by atoms with E-state index < -0.39 is 34.8 Å². The fraction of sp³-hybridized carbons (Fsp3) is 0.393. The van der Waals surface area contributed by atoms with E-state index in [4.69, 9.17) is 0 Å². The van der Waals surface area contributed by atoms with Crippen molar-refractivity contribution in [3.05, 3.63) is 65.9 Å². The van der Waals surface area contributed by atoms with E-state index in [1.807, 2.05) is 69.4 Å². The van der Waals surface area contributed by atoms with E-state index in [2.05, 4.69) is 26.4 Å². The maximum atomic E-state index is 13.4. The van der Waals surface area contributed by atoms with Crippen molar-refractivity contribution in [1.82, 2.24) is 31.0 Å². The van der Waals surface area contributed by atoms with Crippen LogP contribution in [0.5, 0.6) is 0 Å². The highest BCUT2D eigenvalue weighted by Gasteiger charge is 2.38. The number of hydrogen-bond acceptors (Lipinski definition) is 5. The van der Waals surface area contributed by atoms with Crippen LogP contribution in [0.15, 0.2) is 54.7 Å². The molecular formula is C28H38N6O4Si. The van der Waals surface area contributed by atoms with Crippen molar-refractivity contribution in [2.75, 3.05) is 0 Å². The Hall–Kier alpha value is -3.99. The van der Waals surface area contributed by atoms with E-state index in [0.717, 1.165) is 22.0 Å². The molecule has 10 nitrogen and oxygen atoms in total. The molecule has 0 aliphatic rings. The van der Waals surface area contributed by atoms with E-state index in [-0.39, 0.29) is 18.9 Å². The molecule has 2 atom stereocenters. The summed E-state index contributed by atoms with van der Waals surface area (Å²) >= 11 is 0. The standard InChI is InChI=1S/C28H38N6O4Si/c1-5-22(24(35)25(36)29-16-20-11-12-21-17-31-34(4)23(21)13-20)32-26(37)28(39,14-18(2)3)33-27(38)30-15-19-9-7-6-8-10-19/h6-13,17-18,22H,5,14-16H2,1-4,39H3,(H,29,36)(H,32,37)(H2,30,33,38)/t22?,28-/m0/s1. The Kier molecular flexibility index (Phi) is 9.99. The molecule has 39 heavy (non-hydrogen) atoms. The van der Waals surface area contributed by atoms with E-state index in [0.29, 0.717) is 23.2 Å². The second-order valence-corrected chi connectivity index (χ2v) is 12.1. The second kappa shape index (κ2) is 13.2. The lowest BCUT2D eigenvalue weighted by Crippen LogP contribution is -2.64. The summed E-state index contributed by atoms with van der Waals surface area (Å²) in [6.07, 6.45) is 2.39. The predicted molar refractivity (Wildman–Crippen MR) is 154 cm³/mol. The Bertz CT molecular complexity index is 1330. The highest BCUT2D eigenvalue weighted by atomic mass is 28.1. The number of aryl methyl sites for hydroxylation is 1. The smallest absolute Gasteiger partial charge is 0.315 e. The van der Waals surface area contributed by atoms with Crippen LogP contribution in [-0.2, 0) is 34.5 Å². The molecule has 0 radical (unpaired) electrons. The fourth-order valence-corrected chi connectivity index (χ4v) is 5.68. The van der Waals surface area contributed by atoms with Gasteiger partial charge in [0.05, 0.1) is 22.9 Å². The van der Waals surface area contributed by atoms with Gasteiger partial charge in [0, 0.05) is 35.8 Å². The van der Waals surface area contributed by atoms with Gasteiger partial charge in [-0.3, -0.25) is 19.1 Å². The molecule has 0 saturated heterocycles. The number of ketones is 1. The topological polar surface area (TPSA) is 134 Å². The molecule has 11 heteroatoms. The number of nitrogens with one attached hydrogen (secondary N) is 4. The Labute approximate surface area is 231 Å². The normalized spacial score (nSPS) is 13.5. The number of fused-ring (bicyclic) bond motifs is 1. The van der Waals surface area contributed by atoms with Gasteiger partial charge in [0.15, 0.2) is 0 Å². The molecular weight excluding hydrogens is 512 g/mol. The van der Waals surface area contributed by atoms with Crippen LogP contribution in [0.2, 0.25) is 0 Å². The number of carbonyl (C=O) groups excluding carboxylic acids is 4. The molecule has 2 aromatic carbocycles. The number of Topliss-reactive ketones (excluding diaryl/α,β-unsaturated/α-hetero) is 1. The van der Waals surface area contributed by atoms with Crippen LogP contribution in [0.4, 0.5) is 4.79 Å². The lowest BCUT2D eigenvalue weighted by atomic mass is 10.0. The number of nitrogens with zero attached hydrogens (tertiary/aromatic N) is 2. The highest BCUT2D eigenvalue weighted by Crippen LogP contribution is 2.16. The van der Waals surface area contributed by atoms with E-state index in [9.17, 15) is 19.2 Å².